The molecule has 2 N–H and O–H groups in total. The maximum atomic E-state index is 13.2. The number of nitrogens with zero attached hydrogens (tertiary/aromatic N) is 1. The molecule has 0 aromatic carbocycles. The molecular formula is C28H43NO6S. The highest BCUT2D eigenvalue weighted by atomic mass is 32.1. The first-order valence-corrected chi connectivity index (χ1v) is 14.1. The maximum absolute atomic E-state index is 13.2. The fourth-order valence-electron chi connectivity index (χ4n) is 5.17. The Morgan fingerprint density at radius 3 is 2.58 bits per heavy atom. The fraction of sp³-hybridized carbons (Fsp3) is 0.750. The molecule has 1 aromatic heterocycles. The van der Waals surface area contributed by atoms with Crippen LogP contribution < -0.4 is 0 Å². The number of aromatic nitrogens is 1. The highest BCUT2D eigenvalue weighted by Gasteiger charge is 2.53. The Morgan fingerprint density at radius 2 is 1.94 bits per heavy atom. The number of carbonyl (C=O) groups is 2. The van der Waals surface area contributed by atoms with E-state index in [1.807, 2.05) is 25.3 Å². The quantitative estimate of drug-likeness (QED) is 0.437. The third-order valence-corrected chi connectivity index (χ3v) is 9.17. The number of aliphatic hydroxyl groups excluding tert-OH is 2. The molecule has 2 aliphatic heterocycles. The van der Waals surface area contributed by atoms with Gasteiger partial charge in [0.05, 0.1) is 46.5 Å². The monoisotopic (exact) mass is 521 g/mol. The molecule has 8 heteroatoms. The van der Waals surface area contributed by atoms with Crippen LogP contribution in [0.1, 0.15) is 91.3 Å². The molecule has 36 heavy (non-hydrogen) atoms. The van der Waals surface area contributed by atoms with Crippen molar-refractivity contribution in [1.29, 1.82) is 0 Å². The summed E-state index contributed by atoms with van der Waals surface area (Å²) in [6, 6.07) is 0. The molecule has 2 aliphatic rings. The number of esters is 1. The normalized spacial score (nSPS) is 36.8. The van der Waals surface area contributed by atoms with Crippen molar-refractivity contribution in [3.63, 3.8) is 0 Å². The highest BCUT2D eigenvalue weighted by Crippen LogP contribution is 2.45. The van der Waals surface area contributed by atoms with Gasteiger partial charge >= 0.3 is 5.97 Å². The first-order chi connectivity index (χ1) is 16.8. The summed E-state index contributed by atoms with van der Waals surface area (Å²) in [6.07, 6.45) is 2.87. The number of fused-ring (bicyclic) bond motifs is 1. The third-order valence-electron chi connectivity index (χ3n) is 8.16. The van der Waals surface area contributed by atoms with E-state index < -0.39 is 35.6 Å². The van der Waals surface area contributed by atoms with Gasteiger partial charge in [0.25, 0.3) is 0 Å². The van der Waals surface area contributed by atoms with E-state index in [1.165, 1.54) is 0 Å². The molecular weight excluding hydrogens is 478 g/mol. The van der Waals surface area contributed by atoms with Gasteiger partial charge in [0.1, 0.15) is 11.9 Å². The molecule has 0 amide bonds. The van der Waals surface area contributed by atoms with Gasteiger partial charge in [-0.1, -0.05) is 41.0 Å². The van der Waals surface area contributed by atoms with Crippen molar-refractivity contribution in [3.8, 4) is 0 Å². The summed E-state index contributed by atoms with van der Waals surface area (Å²) in [4.78, 5) is 30.8. The fourth-order valence-corrected chi connectivity index (χ4v) is 5.88. The lowest BCUT2D eigenvalue weighted by atomic mass is 9.73. The Morgan fingerprint density at radius 1 is 1.25 bits per heavy atom. The zero-order valence-corrected chi connectivity index (χ0v) is 23.6. The van der Waals surface area contributed by atoms with Crippen molar-refractivity contribution in [2.75, 3.05) is 0 Å². The third kappa shape index (κ3) is 6.63. The Balaban J connectivity index is 1.85. The number of carbonyl (C=O) groups excluding carboxylic acids is 2. The lowest BCUT2D eigenvalue weighted by Gasteiger charge is -2.34. The van der Waals surface area contributed by atoms with Crippen LogP contribution in [0.25, 0.3) is 6.08 Å². The van der Waals surface area contributed by atoms with Crippen LogP contribution in [0.15, 0.2) is 11.0 Å². The van der Waals surface area contributed by atoms with Crippen LogP contribution in [-0.2, 0) is 25.5 Å². The number of Topliss-reactive ketones (excluding diaryl/α,β-unsaturated/α-hetero) is 1. The van der Waals surface area contributed by atoms with Gasteiger partial charge in [-0.3, -0.25) is 9.59 Å². The second-order valence-electron chi connectivity index (χ2n) is 11.5. The van der Waals surface area contributed by atoms with Crippen molar-refractivity contribution in [2.24, 2.45) is 17.3 Å². The summed E-state index contributed by atoms with van der Waals surface area (Å²) < 4.78 is 12.0. The van der Waals surface area contributed by atoms with Gasteiger partial charge in [-0.15, -0.1) is 11.3 Å². The van der Waals surface area contributed by atoms with E-state index in [9.17, 15) is 19.8 Å². The predicted octanol–water partition coefficient (Wildman–Crippen LogP) is 4.73. The number of cyclic esters (lactones) is 1. The van der Waals surface area contributed by atoms with E-state index in [2.05, 4.69) is 18.8 Å². The van der Waals surface area contributed by atoms with Crippen LogP contribution in [0, 0.1) is 17.3 Å². The predicted molar refractivity (Wildman–Crippen MR) is 141 cm³/mol. The van der Waals surface area contributed by atoms with Crippen molar-refractivity contribution >= 4 is 29.2 Å². The molecule has 0 unspecified atom stereocenters. The number of ketones is 1. The largest absolute Gasteiger partial charge is 0.458 e. The van der Waals surface area contributed by atoms with Crippen LogP contribution >= 0.6 is 11.3 Å². The molecule has 2 fully saturated rings. The average Bonchev–Trinajstić information content (AvgIpc) is 3.23. The van der Waals surface area contributed by atoms with Gasteiger partial charge in [0.15, 0.2) is 0 Å². The van der Waals surface area contributed by atoms with Crippen LogP contribution in [0.3, 0.4) is 0 Å². The summed E-state index contributed by atoms with van der Waals surface area (Å²) in [5.74, 6) is -1.54. The Hall–Kier alpha value is -1.61. The van der Waals surface area contributed by atoms with E-state index in [1.54, 1.807) is 32.1 Å². The van der Waals surface area contributed by atoms with Crippen LogP contribution in [0.2, 0.25) is 0 Å². The maximum Gasteiger partial charge on any atom is 0.309 e. The second kappa shape index (κ2) is 11.4. The zero-order valence-electron chi connectivity index (χ0n) is 22.7. The smallest absolute Gasteiger partial charge is 0.309 e. The number of epoxide rings is 1. The molecule has 3 rings (SSSR count). The summed E-state index contributed by atoms with van der Waals surface area (Å²) >= 11 is 1.60. The number of thiazole rings is 1. The molecule has 2 saturated heterocycles. The number of aryl methyl sites for hydroxylation is 1. The summed E-state index contributed by atoms with van der Waals surface area (Å²) in [7, 11) is 0. The van der Waals surface area contributed by atoms with Crippen LogP contribution in [-0.4, -0.2) is 57.0 Å². The minimum atomic E-state index is -1.23. The van der Waals surface area contributed by atoms with Gasteiger partial charge in [-0.2, -0.15) is 0 Å². The van der Waals surface area contributed by atoms with Gasteiger partial charge < -0.3 is 19.7 Å². The van der Waals surface area contributed by atoms with Crippen molar-refractivity contribution in [1.82, 2.24) is 4.98 Å². The van der Waals surface area contributed by atoms with Gasteiger partial charge in [0, 0.05) is 17.7 Å². The SMILES string of the molecule is CCc1nc(/C=C(\C)[C@@H]2C[C@@H]3O[C@]3(C)CCC[C@H](C)[C@@H](O)[C@@H](C)C(=O)C(C)(C)[C@@H](O)CC(=O)O2)cs1. The molecule has 0 radical (unpaired) electrons. The summed E-state index contributed by atoms with van der Waals surface area (Å²) in [5, 5.41) is 24.8. The van der Waals surface area contributed by atoms with Crippen LogP contribution in [0.4, 0.5) is 0 Å². The number of hydrogen-bond acceptors (Lipinski definition) is 8. The molecule has 0 aliphatic carbocycles. The molecule has 0 bridgehead atoms. The average molecular weight is 522 g/mol. The Kier molecular flexibility index (Phi) is 9.18. The second-order valence-corrected chi connectivity index (χ2v) is 12.4. The summed E-state index contributed by atoms with van der Waals surface area (Å²) in [6.45, 7) is 13.0. The molecule has 7 nitrogen and oxygen atoms in total. The van der Waals surface area contributed by atoms with Crippen molar-refractivity contribution in [3.05, 3.63) is 21.7 Å². The van der Waals surface area contributed by atoms with Gasteiger partial charge in [-0.05, 0) is 50.7 Å². The first kappa shape index (κ1) is 29.0. The molecule has 1 aromatic rings. The van der Waals surface area contributed by atoms with Crippen molar-refractivity contribution < 1.29 is 29.3 Å². The first-order valence-electron chi connectivity index (χ1n) is 13.2. The Labute approximate surface area is 219 Å². The minimum absolute atomic E-state index is 0.0460. The van der Waals surface area contributed by atoms with E-state index in [4.69, 9.17) is 9.47 Å². The standard InChI is InChI=1S/C28H43NO6S/c1-8-23-29-19(15-36-23)12-17(3)20-13-22-28(7,35-22)11-9-10-16(2)25(32)18(4)26(33)27(5,6)21(30)14-24(31)34-20/h12,15-16,18,20-22,25,30,32H,8-11,13-14H2,1-7H3/b17-12+/t16-,18+,20-,21-,22-,25+,28+/m0/s1. The number of hydrogen-bond donors (Lipinski definition) is 2. The molecule has 7 atom stereocenters. The van der Waals surface area contributed by atoms with E-state index in [-0.39, 0.29) is 29.8 Å². The lowest BCUT2D eigenvalue weighted by Crippen LogP contribution is -2.45. The van der Waals surface area contributed by atoms with Gasteiger partial charge in [0.2, 0.25) is 0 Å². The topological polar surface area (TPSA) is 109 Å². The molecule has 3 heterocycles. The van der Waals surface area contributed by atoms with Gasteiger partial charge in [-0.25, -0.2) is 4.98 Å². The Bertz CT molecular complexity index is 971. The molecule has 0 saturated carbocycles. The molecule has 0 spiro atoms. The van der Waals surface area contributed by atoms with Crippen molar-refractivity contribution in [2.45, 2.75) is 117 Å². The number of rotatable bonds is 3. The van der Waals surface area contributed by atoms with Crippen LogP contribution in [0.5, 0.6) is 0 Å². The van der Waals surface area contributed by atoms with E-state index in [0.29, 0.717) is 6.42 Å². The highest BCUT2D eigenvalue weighted by molar-refractivity contribution is 7.09. The number of aliphatic hydroxyl groups is 2. The van der Waals surface area contributed by atoms with E-state index >= 15 is 0 Å². The lowest BCUT2D eigenvalue weighted by molar-refractivity contribution is -0.154. The molecule has 202 valence electrons. The minimum Gasteiger partial charge on any atom is -0.458 e. The zero-order chi connectivity index (χ0) is 26.8. The summed E-state index contributed by atoms with van der Waals surface area (Å²) in [5.41, 5.74) is 0.202. The van der Waals surface area contributed by atoms with E-state index in [0.717, 1.165) is 42.0 Å². The number of ether oxygens (including phenoxy) is 2.